The number of rotatable bonds is 2. The maximum Gasteiger partial charge on any atom is 0.337 e. The van der Waals surface area contributed by atoms with Crippen LogP contribution in [0.15, 0.2) is 0 Å². The molecule has 0 spiro atoms. The first-order valence-electron chi connectivity index (χ1n) is 4.33. The SMILES string of the molecule is COC(=O)C(N)N1CCCCC1. The van der Waals surface area contributed by atoms with E-state index in [1.54, 1.807) is 0 Å². The molecule has 1 heterocycles. The van der Waals surface area contributed by atoms with Gasteiger partial charge in [0.25, 0.3) is 0 Å². The summed E-state index contributed by atoms with van der Waals surface area (Å²) >= 11 is 0. The fraction of sp³-hybridized carbons (Fsp3) is 0.875. The Hall–Kier alpha value is -0.610. The van der Waals surface area contributed by atoms with Gasteiger partial charge in [-0.1, -0.05) is 6.42 Å². The van der Waals surface area contributed by atoms with Crippen LogP contribution >= 0.6 is 0 Å². The zero-order valence-corrected chi connectivity index (χ0v) is 7.45. The van der Waals surface area contributed by atoms with Crippen molar-refractivity contribution < 1.29 is 9.53 Å². The van der Waals surface area contributed by atoms with E-state index >= 15 is 0 Å². The number of methoxy groups -OCH3 is 1. The summed E-state index contributed by atoms with van der Waals surface area (Å²) in [7, 11) is 1.37. The van der Waals surface area contributed by atoms with Crippen molar-refractivity contribution in [3.05, 3.63) is 0 Å². The number of nitrogens with zero attached hydrogens (tertiary/aromatic N) is 1. The van der Waals surface area contributed by atoms with Crippen molar-refractivity contribution in [2.24, 2.45) is 5.73 Å². The molecule has 2 N–H and O–H groups in total. The molecule has 1 aliphatic heterocycles. The lowest BCUT2D eigenvalue weighted by Gasteiger charge is -2.29. The van der Waals surface area contributed by atoms with Crippen LogP contribution in [0, 0.1) is 0 Å². The first kappa shape index (κ1) is 9.48. The van der Waals surface area contributed by atoms with Crippen LogP contribution in [0.5, 0.6) is 0 Å². The van der Waals surface area contributed by atoms with E-state index in [9.17, 15) is 4.79 Å². The van der Waals surface area contributed by atoms with Crippen LogP contribution in [-0.2, 0) is 9.53 Å². The van der Waals surface area contributed by atoms with Gasteiger partial charge in [0, 0.05) is 13.1 Å². The third kappa shape index (κ3) is 2.19. The van der Waals surface area contributed by atoms with Crippen LogP contribution in [0.3, 0.4) is 0 Å². The van der Waals surface area contributed by atoms with Crippen molar-refractivity contribution in [3.8, 4) is 0 Å². The van der Waals surface area contributed by atoms with Gasteiger partial charge in [-0.25, -0.2) is 4.79 Å². The maximum absolute atomic E-state index is 11.0. The number of nitrogens with two attached hydrogens (primary N) is 1. The van der Waals surface area contributed by atoms with Gasteiger partial charge in [0.05, 0.1) is 7.11 Å². The van der Waals surface area contributed by atoms with Crippen molar-refractivity contribution in [1.29, 1.82) is 0 Å². The van der Waals surface area contributed by atoms with Crippen molar-refractivity contribution in [2.75, 3.05) is 20.2 Å². The summed E-state index contributed by atoms with van der Waals surface area (Å²) in [6.07, 6.45) is 2.94. The molecule has 12 heavy (non-hydrogen) atoms. The van der Waals surface area contributed by atoms with E-state index in [1.807, 2.05) is 4.90 Å². The zero-order valence-electron chi connectivity index (χ0n) is 7.45. The van der Waals surface area contributed by atoms with Gasteiger partial charge in [-0.3, -0.25) is 4.90 Å². The van der Waals surface area contributed by atoms with Gasteiger partial charge < -0.3 is 10.5 Å². The molecule has 1 saturated heterocycles. The summed E-state index contributed by atoms with van der Waals surface area (Å²) in [5.74, 6) is -0.336. The summed E-state index contributed by atoms with van der Waals surface area (Å²) in [5, 5.41) is 0. The minimum Gasteiger partial charge on any atom is -0.467 e. The molecule has 4 heteroatoms. The third-order valence-electron chi connectivity index (χ3n) is 2.23. The Morgan fingerprint density at radius 1 is 1.42 bits per heavy atom. The Morgan fingerprint density at radius 2 is 2.00 bits per heavy atom. The standard InChI is InChI=1S/C8H16N2O2/c1-12-8(11)7(9)10-5-3-2-4-6-10/h7H,2-6,9H2,1H3. The summed E-state index contributed by atoms with van der Waals surface area (Å²) in [4.78, 5) is 13.0. The highest BCUT2D eigenvalue weighted by atomic mass is 16.5. The topological polar surface area (TPSA) is 55.6 Å². The number of carbonyl (C=O) groups is 1. The fourth-order valence-corrected chi connectivity index (χ4v) is 1.47. The minimum absolute atomic E-state index is 0.336. The van der Waals surface area contributed by atoms with Crippen LogP contribution in [0.1, 0.15) is 19.3 Å². The van der Waals surface area contributed by atoms with Crippen molar-refractivity contribution in [3.63, 3.8) is 0 Å². The maximum atomic E-state index is 11.0. The van der Waals surface area contributed by atoms with E-state index in [2.05, 4.69) is 4.74 Å². The molecular formula is C8H16N2O2. The summed E-state index contributed by atoms with van der Waals surface area (Å²) in [5.41, 5.74) is 5.65. The second kappa shape index (κ2) is 4.42. The highest BCUT2D eigenvalue weighted by Crippen LogP contribution is 2.10. The Balaban J connectivity index is 2.39. The third-order valence-corrected chi connectivity index (χ3v) is 2.23. The summed E-state index contributed by atoms with van der Waals surface area (Å²) < 4.78 is 4.56. The van der Waals surface area contributed by atoms with Gasteiger partial charge in [-0.15, -0.1) is 0 Å². The molecule has 0 amide bonds. The molecule has 1 unspecified atom stereocenters. The first-order chi connectivity index (χ1) is 5.75. The van der Waals surface area contributed by atoms with Crippen LogP contribution < -0.4 is 5.73 Å². The number of ether oxygens (including phenoxy) is 1. The normalized spacial score (nSPS) is 21.8. The zero-order chi connectivity index (χ0) is 8.97. The lowest BCUT2D eigenvalue weighted by atomic mass is 10.1. The number of likely N-dealkylation sites (tertiary alicyclic amines) is 1. The highest BCUT2D eigenvalue weighted by Gasteiger charge is 2.23. The second-order valence-electron chi connectivity index (χ2n) is 3.06. The van der Waals surface area contributed by atoms with Crippen molar-refractivity contribution in [1.82, 2.24) is 4.90 Å². The number of esters is 1. The van der Waals surface area contributed by atoms with Gasteiger partial charge in [-0.05, 0) is 12.8 Å². The van der Waals surface area contributed by atoms with Crippen molar-refractivity contribution >= 4 is 5.97 Å². The van der Waals surface area contributed by atoms with E-state index in [4.69, 9.17) is 5.73 Å². The van der Waals surface area contributed by atoms with Gasteiger partial charge in [0.15, 0.2) is 6.17 Å². The van der Waals surface area contributed by atoms with Crippen LogP contribution in [0.4, 0.5) is 0 Å². The van der Waals surface area contributed by atoms with Gasteiger partial charge >= 0.3 is 5.97 Å². The lowest BCUT2D eigenvalue weighted by molar-refractivity contribution is -0.147. The largest absolute Gasteiger partial charge is 0.467 e. The lowest BCUT2D eigenvalue weighted by Crippen LogP contribution is -2.50. The molecule has 1 aliphatic rings. The molecule has 0 aliphatic carbocycles. The van der Waals surface area contributed by atoms with Crippen LogP contribution in [0.2, 0.25) is 0 Å². The fourth-order valence-electron chi connectivity index (χ4n) is 1.47. The molecule has 0 radical (unpaired) electrons. The van der Waals surface area contributed by atoms with Gasteiger partial charge in [-0.2, -0.15) is 0 Å². The molecule has 1 fully saturated rings. The summed E-state index contributed by atoms with van der Waals surface area (Å²) in [6.45, 7) is 1.83. The number of hydrogen-bond acceptors (Lipinski definition) is 4. The molecule has 0 bridgehead atoms. The first-order valence-corrected chi connectivity index (χ1v) is 4.33. The van der Waals surface area contributed by atoms with E-state index in [-0.39, 0.29) is 5.97 Å². The molecule has 4 nitrogen and oxygen atoms in total. The molecule has 1 rings (SSSR count). The quantitative estimate of drug-likeness (QED) is 0.592. The second-order valence-corrected chi connectivity index (χ2v) is 3.06. The predicted octanol–water partition coefficient (Wildman–Crippen LogP) is -0.0699. The minimum atomic E-state index is -0.560. The van der Waals surface area contributed by atoms with Gasteiger partial charge in [0.1, 0.15) is 0 Å². The molecule has 0 aromatic heterocycles. The predicted molar refractivity (Wildman–Crippen MR) is 45.4 cm³/mol. The molecule has 0 aromatic rings. The average Bonchev–Trinajstić information content (AvgIpc) is 2.17. The van der Waals surface area contributed by atoms with Crippen LogP contribution in [0.25, 0.3) is 0 Å². The molecule has 1 atom stereocenters. The molecular weight excluding hydrogens is 156 g/mol. The van der Waals surface area contributed by atoms with Crippen LogP contribution in [-0.4, -0.2) is 37.2 Å². The highest BCUT2D eigenvalue weighted by molar-refractivity contribution is 5.74. The summed E-state index contributed by atoms with van der Waals surface area (Å²) in [6, 6.07) is 0. The Kier molecular flexibility index (Phi) is 3.49. The smallest absolute Gasteiger partial charge is 0.337 e. The Morgan fingerprint density at radius 3 is 2.50 bits per heavy atom. The Labute approximate surface area is 72.7 Å². The van der Waals surface area contributed by atoms with Crippen molar-refractivity contribution in [2.45, 2.75) is 25.4 Å². The average molecular weight is 172 g/mol. The monoisotopic (exact) mass is 172 g/mol. The molecule has 0 saturated carbocycles. The van der Waals surface area contributed by atoms with E-state index < -0.39 is 6.17 Å². The number of carbonyl (C=O) groups excluding carboxylic acids is 1. The Bertz CT molecular complexity index is 155. The number of piperidine rings is 1. The van der Waals surface area contributed by atoms with E-state index in [0.717, 1.165) is 25.9 Å². The number of hydrogen-bond donors (Lipinski definition) is 1. The van der Waals surface area contributed by atoms with E-state index in [1.165, 1.54) is 13.5 Å². The van der Waals surface area contributed by atoms with E-state index in [0.29, 0.717) is 0 Å². The van der Waals surface area contributed by atoms with Gasteiger partial charge in [0.2, 0.25) is 0 Å². The molecule has 70 valence electrons. The molecule has 0 aromatic carbocycles.